The van der Waals surface area contributed by atoms with Crippen LogP contribution in [-0.2, 0) is 0 Å². The van der Waals surface area contributed by atoms with Crippen LogP contribution in [0.15, 0.2) is 36.4 Å². The molecular weight excluding hydrogens is 294 g/mol. The Kier molecular flexibility index (Phi) is 4.16. The molecule has 0 N–H and O–H groups in total. The molecule has 0 spiro atoms. The highest BCUT2D eigenvalue weighted by molar-refractivity contribution is 6.35. The van der Waals surface area contributed by atoms with E-state index in [1.54, 1.807) is 43.3 Å². The first-order chi connectivity index (χ1) is 8.50. The van der Waals surface area contributed by atoms with Crippen molar-refractivity contribution in [3.05, 3.63) is 69.0 Å². The van der Waals surface area contributed by atoms with Crippen molar-refractivity contribution in [3.63, 3.8) is 0 Å². The fourth-order valence-corrected chi connectivity index (χ4v) is 2.55. The van der Waals surface area contributed by atoms with E-state index in [-0.39, 0.29) is 5.82 Å². The second-order valence-electron chi connectivity index (χ2n) is 4.01. The molecule has 0 radical (unpaired) electrons. The van der Waals surface area contributed by atoms with Gasteiger partial charge in [0.05, 0.1) is 5.38 Å². The minimum absolute atomic E-state index is 0.312. The maximum Gasteiger partial charge on any atom is 0.131 e. The first kappa shape index (κ1) is 13.7. The van der Waals surface area contributed by atoms with E-state index >= 15 is 0 Å². The van der Waals surface area contributed by atoms with E-state index in [0.717, 1.165) is 0 Å². The Morgan fingerprint density at radius 1 is 1.06 bits per heavy atom. The highest BCUT2D eigenvalue weighted by Gasteiger charge is 2.19. The Hall–Kier alpha value is -0.760. The van der Waals surface area contributed by atoms with E-state index in [4.69, 9.17) is 34.8 Å². The molecule has 0 aromatic heterocycles. The van der Waals surface area contributed by atoms with E-state index < -0.39 is 5.38 Å². The monoisotopic (exact) mass is 302 g/mol. The van der Waals surface area contributed by atoms with Crippen molar-refractivity contribution in [2.45, 2.75) is 12.3 Å². The van der Waals surface area contributed by atoms with E-state index in [1.165, 1.54) is 0 Å². The predicted molar refractivity (Wildman–Crippen MR) is 75.3 cm³/mol. The molecule has 18 heavy (non-hydrogen) atoms. The molecule has 2 rings (SSSR count). The summed E-state index contributed by atoms with van der Waals surface area (Å²) in [4.78, 5) is 0. The summed E-state index contributed by atoms with van der Waals surface area (Å²) in [5.74, 6) is -0.312. The largest absolute Gasteiger partial charge is 0.206 e. The van der Waals surface area contributed by atoms with Crippen LogP contribution in [0.2, 0.25) is 10.0 Å². The maximum absolute atomic E-state index is 14.0. The van der Waals surface area contributed by atoms with Crippen molar-refractivity contribution < 1.29 is 4.39 Å². The second-order valence-corrected chi connectivity index (χ2v) is 5.29. The Bertz CT molecular complexity index is 579. The summed E-state index contributed by atoms with van der Waals surface area (Å²) < 4.78 is 14.0. The third-order valence-corrected chi connectivity index (χ3v) is 3.78. The van der Waals surface area contributed by atoms with Crippen molar-refractivity contribution in [3.8, 4) is 0 Å². The molecule has 1 unspecified atom stereocenters. The second kappa shape index (κ2) is 5.48. The van der Waals surface area contributed by atoms with Gasteiger partial charge < -0.3 is 0 Å². The molecule has 94 valence electrons. The van der Waals surface area contributed by atoms with Gasteiger partial charge in [0.25, 0.3) is 0 Å². The van der Waals surface area contributed by atoms with Crippen LogP contribution in [0, 0.1) is 12.7 Å². The smallest absolute Gasteiger partial charge is 0.131 e. The zero-order valence-electron chi connectivity index (χ0n) is 9.55. The molecule has 0 fully saturated rings. The maximum atomic E-state index is 14.0. The lowest BCUT2D eigenvalue weighted by atomic mass is 10.0. The van der Waals surface area contributed by atoms with Crippen LogP contribution in [0.25, 0.3) is 0 Å². The summed E-state index contributed by atoms with van der Waals surface area (Å²) in [7, 11) is 0. The molecule has 4 heteroatoms. The molecule has 0 heterocycles. The highest BCUT2D eigenvalue weighted by Crippen LogP contribution is 2.36. The molecule has 0 nitrogen and oxygen atoms in total. The molecule has 0 aliphatic rings. The quantitative estimate of drug-likeness (QED) is 0.618. The van der Waals surface area contributed by atoms with Crippen LogP contribution in [0.1, 0.15) is 22.1 Å². The fraction of sp³-hybridized carbons (Fsp3) is 0.143. The number of benzene rings is 2. The van der Waals surface area contributed by atoms with E-state index in [9.17, 15) is 4.39 Å². The molecule has 0 saturated carbocycles. The van der Waals surface area contributed by atoms with Crippen molar-refractivity contribution >= 4 is 34.8 Å². The third-order valence-electron chi connectivity index (χ3n) is 2.73. The Balaban J connectivity index is 2.51. The summed E-state index contributed by atoms with van der Waals surface area (Å²) in [5.41, 5.74) is 1.56. The van der Waals surface area contributed by atoms with Crippen LogP contribution < -0.4 is 0 Å². The SMILES string of the molecule is Cc1cccc(C(Cl)c2cc(Cl)ccc2Cl)c1F. The highest BCUT2D eigenvalue weighted by atomic mass is 35.5. The molecular formula is C14H10Cl3F. The van der Waals surface area contributed by atoms with Gasteiger partial charge >= 0.3 is 0 Å². The van der Waals surface area contributed by atoms with Gasteiger partial charge in [-0.2, -0.15) is 0 Å². The van der Waals surface area contributed by atoms with Gasteiger partial charge in [-0.15, -0.1) is 11.6 Å². The van der Waals surface area contributed by atoms with Crippen LogP contribution in [-0.4, -0.2) is 0 Å². The lowest BCUT2D eigenvalue weighted by Gasteiger charge is -2.14. The van der Waals surface area contributed by atoms with Gasteiger partial charge in [0.2, 0.25) is 0 Å². The molecule has 1 atom stereocenters. The van der Waals surface area contributed by atoms with Gasteiger partial charge in [-0.1, -0.05) is 41.4 Å². The van der Waals surface area contributed by atoms with Crippen LogP contribution in [0.3, 0.4) is 0 Å². The molecule has 0 saturated heterocycles. The minimum atomic E-state index is -0.656. The van der Waals surface area contributed by atoms with Crippen molar-refractivity contribution in [1.29, 1.82) is 0 Å². The Morgan fingerprint density at radius 3 is 2.50 bits per heavy atom. The van der Waals surface area contributed by atoms with Crippen LogP contribution in [0.5, 0.6) is 0 Å². The number of rotatable bonds is 2. The van der Waals surface area contributed by atoms with E-state index in [0.29, 0.717) is 26.7 Å². The average Bonchev–Trinajstić information content (AvgIpc) is 2.35. The van der Waals surface area contributed by atoms with E-state index in [2.05, 4.69) is 0 Å². The first-order valence-corrected chi connectivity index (χ1v) is 6.54. The van der Waals surface area contributed by atoms with Crippen LogP contribution >= 0.6 is 34.8 Å². The number of alkyl halides is 1. The first-order valence-electron chi connectivity index (χ1n) is 5.34. The zero-order valence-corrected chi connectivity index (χ0v) is 11.8. The topological polar surface area (TPSA) is 0 Å². The number of halogens is 4. The lowest BCUT2D eigenvalue weighted by molar-refractivity contribution is 0.603. The normalized spacial score (nSPS) is 12.5. The summed E-state index contributed by atoms with van der Waals surface area (Å²) >= 11 is 18.3. The molecule has 0 aliphatic carbocycles. The molecule has 2 aromatic carbocycles. The lowest BCUT2D eigenvalue weighted by Crippen LogP contribution is -1.99. The summed E-state index contributed by atoms with van der Waals surface area (Å²) in [6.45, 7) is 1.70. The summed E-state index contributed by atoms with van der Waals surface area (Å²) in [6, 6.07) is 10.1. The average molecular weight is 304 g/mol. The van der Waals surface area contributed by atoms with Gasteiger partial charge in [-0.3, -0.25) is 0 Å². The Morgan fingerprint density at radius 2 is 1.78 bits per heavy atom. The van der Waals surface area contributed by atoms with Gasteiger partial charge in [0.15, 0.2) is 0 Å². The summed E-state index contributed by atoms with van der Waals surface area (Å²) in [5, 5.41) is 0.338. The standard InChI is InChI=1S/C14H10Cl3F/c1-8-3-2-4-10(14(8)18)13(17)11-7-9(15)5-6-12(11)16/h2-7,13H,1H3. The fourth-order valence-electron chi connectivity index (χ4n) is 1.74. The number of hydrogen-bond donors (Lipinski definition) is 0. The third kappa shape index (κ3) is 2.64. The zero-order chi connectivity index (χ0) is 13.3. The van der Waals surface area contributed by atoms with Gasteiger partial charge in [-0.25, -0.2) is 4.39 Å². The minimum Gasteiger partial charge on any atom is -0.206 e. The van der Waals surface area contributed by atoms with Crippen LogP contribution in [0.4, 0.5) is 4.39 Å². The molecule has 0 aliphatic heterocycles. The molecule has 2 aromatic rings. The van der Waals surface area contributed by atoms with Gasteiger partial charge in [0, 0.05) is 15.6 Å². The molecule has 0 bridgehead atoms. The van der Waals surface area contributed by atoms with Gasteiger partial charge in [0.1, 0.15) is 5.82 Å². The van der Waals surface area contributed by atoms with Crippen molar-refractivity contribution in [1.82, 2.24) is 0 Å². The Labute approximate surface area is 120 Å². The molecule has 0 amide bonds. The predicted octanol–water partition coefficient (Wildman–Crippen LogP) is 5.77. The summed E-state index contributed by atoms with van der Waals surface area (Å²) in [6.07, 6.45) is 0. The number of hydrogen-bond acceptors (Lipinski definition) is 0. The van der Waals surface area contributed by atoms with Gasteiger partial charge in [-0.05, 0) is 36.2 Å². The van der Waals surface area contributed by atoms with Crippen molar-refractivity contribution in [2.75, 3.05) is 0 Å². The van der Waals surface area contributed by atoms with Crippen molar-refractivity contribution in [2.24, 2.45) is 0 Å². The number of aryl methyl sites for hydroxylation is 1. The van der Waals surface area contributed by atoms with E-state index in [1.807, 2.05) is 0 Å².